The second-order valence-corrected chi connectivity index (χ2v) is 4.67. The van der Waals surface area contributed by atoms with Gasteiger partial charge >= 0.3 is 0 Å². The smallest absolute Gasteiger partial charge is 0.0949 e. The molecule has 3 nitrogen and oxygen atoms in total. The Labute approximate surface area is 110 Å². The summed E-state index contributed by atoms with van der Waals surface area (Å²) in [6.07, 6.45) is 5.57. The summed E-state index contributed by atoms with van der Waals surface area (Å²) in [5, 5.41) is 1.26. The van der Waals surface area contributed by atoms with Crippen LogP contribution >= 0.6 is 23.9 Å². The highest BCUT2D eigenvalue weighted by Crippen LogP contribution is 2.24. The molecule has 0 atom stereocenters. The van der Waals surface area contributed by atoms with Crippen LogP contribution in [-0.2, 0) is 6.54 Å². The third-order valence-electron chi connectivity index (χ3n) is 2.59. The number of fused-ring (bicyclic) bond motifs is 1. The number of aromatic nitrogens is 3. The molecule has 88 valence electrons. The first-order valence-electron chi connectivity index (χ1n) is 5.13. The van der Waals surface area contributed by atoms with Crippen LogP contribution in [0.25, 0.3) is 10.1 Å². The Morgan fingerprint density at radius 2 is 2.24 bits per heavy atom. The van der Waals surface area contributed by atoms with E-state index in [-0.39, 0.29) is 12.4 Å². The average molecular weight is 266 g/mol. The third kappa shape index (κ3) is 2.33. The van der Waals surface area contributed by atoms with Crippen molar-refractivity contribution in [1.82, 2.24) is 13.9 Å². The standard InChI is InChI=1S/C12H11N3S.ClH/c1-9-2-3-12-10(6-9)11(14-16-12)7-15-5-4-13-8-15;/h2-6,8H,7H2,1H3;1H. The van der Waals surface area contributed by atoms with Crippen molar-refractivity contribution in [3.63, 3.8) is 0 Å². The predicted molar refractivity (Wildman–Crippen MR) is 72.9 cm³/mol. The Morgan fingerprint density at radius 3 is 3.00 bits per heavy atom. The van der Waals surface area contributed by atoms with Crippen molar-refractivity contribution in [2.45, 2.75) is 13.5 Å². The van der Waals surface area contributed by atoms with Gasteiger partial charge in [0.2, 0.25) is 0 Å². The predicted octanol–water partition coefficient (Wildman–Crippen LogP) is 3.27. The van der Waals surface area contributed by atoms with E-state index in [0.29, 0.717) is 0 Å². The number of imidazole rings is 1. The summed E-state index contributed by atoms with van der Waals surface area (Å²) in [4.78, 5) is 4.04. The van der Waals surface area contributed by atoms with E-state index in [1.54, 1.807) is 17.7 Å². The Hall–Kier alpha value is -1.39. The molecule has 2 aromatic heterocycles. The highest BCUT2D eigenvalue weighted by molar-refractivity contribution is 7.13. The fourth-order valence-electron chi connectivity index (χ4n) is 1.77. The third-order valence-corrected chi connectivity index (χ3v) is 3.46. The van der Waals surface area contributed by atoms with Crippen molar-refractivity contribution in [2.75, 3.05) is 0 Å². The second-order valence-electron chi connectivity index (χ2n) is 3.86. The Kier molecular flexibility index (Phi) is 3.45. The Balaban J connectivity index is 0.00000108. The van der Waals surface area contributed by atoms with E-state index in [4.69, 9.17) is 0 Å². The van der Waals surface area contributed by atoms with E-state index < -0.39 is 0 Å². The zero-order chi connectivity index (χ0) is 11.0. The Morgan fingerprint density at radius 1 is 1.35 bits per heavy atom. The molecule has 5 heteroatoms. The molecule has 0 aliphatic rings. The SMILES string of the molecule is Cc1ccc2snc(Cn3ccnc3)c2c1.Cl. The van der Waals surface area contributed by atoms with Gasteiger partial charge in [-0.05, 0) is 30.6 Å². The van der Waals surface area contributed by atoms with Gasteiger partial charge in [0.15, 0.2) is 0 Å². The molecule has 0 amide bonds. The van der Waals surface area contributed by atoms with E-state index in [0.717, 1.165) is 12.2 Å². The van der Waals surface area contributed by atoms with Crippen LogP contribution < -0.4 is 0 Å². The van der Waals surface area contributed by atoms with Crippen molar-refractivity contribution in [3.8, 4) is 0 Å². The minimum Gasteiger partial charge on any atom is -0.331 e. The van der Waals surface area contributed by atoms with Crippen LogP contribution in [0.15, 0.2) is 36.9 Å². The maximum Gasteiger partial charge on any atom is 0.0949 e. The Bertz CT molecular complexity index is 616. The quantitative estimate of drug-likeness (QED) is 0.712. The molecule has 0 aliphatic carbocycles. The summed E-state index contributed by atoms with van der Waals surface area (Å²) in [5.74, 6) is 0. The minimum absolute atomic E-state index is 0. The van der Waals surface area contributed by atoms with Crippen molar-refractivity contribution < 1.29 is 0 Å². The molecule has 2 heterocycles. The topological polar surface area (TPSA) is 30.7 Å². The van der Waals surface area contributed by atoms with Crippen LogP contribution in [-0.4, -0.2) is 13.9 Å². The van der Waals surface area contributed by atoms with Crippen molar-refractivity contribution >= 4 is 34.0 Å². The van der Waals surface area contributed by atoms with Crippen LogP contribution in [0.5, 0.6) is 0 Å². The van der Waals surface area contributed by atoms with Crippen LogP contribution in [0, 0.1) is 6.92 Å². The van der Waals surface area contributed by atoms with Crippen molar-refractivity contribution in [3.05, 3.63) is 48.2 Å². The lowest BCUT2D eigenvalue weighted by Crippen LogP contribution is -1.96. The first kappa shape index (κ1) is 12.1. The fourth-order valence-corrected chi connectivity index (χ4v) is 2.54. The number of aryl methyl sites for hydroxylation is 1. The van der Waals surface area contributed by atoms with Gasteiger partial charge < -0.3 is 4.57 Å². The summed E-state index contributed by atoms with van der Waals surface area (Å²) in [6, 6.07) is 6.46. The molecule has 0 saturated heterocycles. The highest BCUT2D eigenvalue weighted by atomic mass is 35.5. The van der Waals surface area contributed by atoms with Gasteiger partial charge in [-0.1, -0.05) is 11.6 Å². The summed E-state index contributed by atoms with van der Waals surface area (Å²) in [7, 11) is 0. The van der Waals surface area contributed by atoms with Gasteiger partial charge in [-0.25, -0.2) is 4.98 Å². The molecule has 3 rings (SSSR count). The number of halogens is 1. The zero-order valence-electron chi connectivity index (χ0n) is 9.33. The fraction of sp³-hybridized carbons (Fsp3) is 0.167. The lowest BCUT2D eigenvalue weighted by Gasteiger charge is -1.99. The molecule has 0 aliphatic heterocycles. The van der Waals surface area contributed by atoms with Crippen LogP contribution in [0.1, 0.15) is 11.3 Å². The van der Waals surface area contributed by atoms with Crippen LogP contribution in [0.2, 0.25) is 0 Å². The van der Waals surface area contributed by atoms with E-state index in [9.17, 15) is 0 Å². The molecule has 0 fully saturated rings. The van der Waals surface area contributed by atoms with Gasteiger partial charge in [-0.3, -0.25) is 0 Å². The van der Waals surface area contributed by atoms with Gasteiger partial charge in [0, 0.05) is 17.8 Å². The number of benzene rings is 1. The molecular formula is C12H12ClN3S. The van der Waals surface area contributed by atoms with E-state index in [2.05, 4.69) is 34.5 Å². The average Bonchev–Trinajstić information content (AvgIpc) is 2.90. The van der Waals surface area contributed by atoms with Crippen molar-refractivity contribution in [2.24, 2.45) is 0 Å². The molecule has 1 aromatic carbocycles. The first-order valence-corrected chi connectivity index (χ1v) is 5.91. The molecule has 0 spiro atoms. The molecule has 0 radical (unpaired) electrons. The first-order chi connectivity index (χ1) is 7.83. The lowest BCUT2D eigenvalue weighted by molar-refractivity contribution is 0.788. The van der Waals surface area contributed by atoms with E-state index in [1.165, 1.54) is 15.6 Å². The molecule has 3 aromatic rings. The van der Waals surface area contributed by atoms with E-state index in [1.807, 2.05) is 17.1 Å². The number of hydrogen-bond donors (Lipinski definition) is 0. The maximum atomic E-state index is 4.50. The van der Waals surface area contributed by atoms with Crippen molar-refractivity contribution in [1.29, 1.82) is 0 Å². The normalized spacial score (nSPS) is 10.4. The molecule has 0 N–H and O–H groups in total. The summed E-state index contributed by atoms with van der Waals surface area (Å²) in [6.45, 7) is 2.90. The maximum absolute atomic E-state index is 4.50. The monoisotopic (exact) mass is 265 g/mol. The molecular weight excluding hydrogens is 254 g/mol. The van der Waals surface area contributed by atoms with Crippen LogP contribution in [0.4, 0.5) is 0 Å². The van der Waals surface area contributed by atoms with E-state index >= 15 is 0 Å². The van der Waals surface area contributed by atoms with Gasteiger partial charge in [-0.15, -0.1) is 12.4 Å². The number of nitrogens with zero attached hydrogens (tertiary/aromatic N) is 3. The second kappa shape index (κ2) is 4.85. The molecule has 0 unspecified atom stereocenters. The largest absolute Gasteiger partial charge is 0.331 e. The zero-order valence-corrected chi connectivity index (χ0v) is 11.0. The number of rotatable bonds is 2. The van der Waals surface area contributed by atoms with Crippen LogP contribution in [0.3, 0.4) is 0 Å². The number of hydrogen-bond acceptors (Lipinski definition) is 3. The lowest BCUT2D eigenvalue weighted by atomic mass is 10.1. The van der Waals surface area contributed by atoms with Gasteiger partial charge in [-0.2, -0.15) is 4.37 Å². The van der Waals surface area contributed by atoms with Gasteiger partial charge in [0.05, 0.1) is 23.3 Å². The molecule has 0 saturated carbocycles. The van der Waals surface area contributed by atoms with Gasteiger partial charge in [0.25, 0.3) is 0 Å². The summed E-state index contributed by atoms with van der Waals surface area (Å²) in [5.41, 5.74) is 2.40. The summed E-state index contributed by atoms with van der Waals surface area (Å²) < 4.78 is 7.79. The molecule has 17 heavy (non-hydrogen) atoms. The van der Waals surface area contributed by atoms with Gasteiger partial charge in [0.1, 0.15) is 0 Å². The summed E-state index contributed by atoms with van der Waals surface area (Å²) >= 11 is 1.56. The minimum atomic E-state index is 0. The highest BCUT2D eigenvalue weighted by Gasteiger charge is 2.06. The molecule has 0 bridgehead atoms.